The highest BCUT2D eigenvalue weighted by Gasteiger charge is 2.18. The molecule has 2 N–H and O–H groups in total. The van der Waals surface area contributed by atoms with E-state index in [1.165, 1.54) is 0 Å². The summed E-state index contributed by atoms with van der Waals surface area (Å²) in [6.45, 7) is 10.5. The lowest BCUT2D eigenvalue weighted by atomic mass is 10.2. The van der Waals surface area contributed by atoms with Crippen LogP contribution in [0.5, 0.6) is 0 Å². The smallest absolute Gasteiger partial charge is 0.314 e. The minimum atomic E-state index is -0.967. The maximum Gasteiger partial charge on any atom is 0.314 e. The molecule has 0 radical (unpaired) electrons. The first-order valence-electron chi connectivity index (χ1n) is 7.43. The molecule has 0 unspecified atom stereocenters. The van der Waals surface area contributed by atoms with Gasteiger partial charge in [-0.1, -0.05) is 19.0 Å². The Hall–Kier alpha value is -1.44. The van der Waals surface area contributed by atoms with Crippen LogP contribution >= 0.6 is 0 Å². The second kappa shape index (κ2) is 8.26. The van der Waals surface area contributed by atoms with Crippen LogP contribution in [-0.2, 0) is 17.2 Å². The summed E-state index contributed by atoms with van der Waals surface area (Å²) in [4.78, 5) is 15.8. The molecule has 0 saturated carbocycles. The van der Waals surface area contributed by atoms with Gasteiger partial charge in [0.15, 0.2) is 5.82 Å². The number of carbonyl (C=O) groups is 1. The molecule has 7 nitrogen and oxygen atoms in total. The average molecular weight is 330 g/mol. The quantitative estimate of drug-likeness (QED) is 0.791. The summed E-state index contributed by atoms with van der Waals surface area (Å²) in [5, 5.41) is 9.25. The van der Waals surface area contributed by atoms with Crippen molar-refractivity contribution in [3.05, 3.63) is 11.7 Å². The molecule has 0 fully saturated rings. The second-order valence-corrected chi connectivity index (χ2v) is 8.62. The van der Waals surface area contributed by atoms with Gasteiger partial charge in [0.05, 0.1) is 0 Å². The number of carbonyl (C=O) groups excluding carboxylic acids is 1. The van der Waals surface area contributed by atoms with Crippen molar-refractivity contribution in [1.29, 1.82) is 0 Å². The molecule has 22 heavy (non-hydrogen) atoms. The Morgan fingerprint density at radius 3 is 2.45 bits per heavy atom. The highest BCUT2D eigenvalue weighted by atomic mass is 32.2. The van der Waals surface area contributed by atoms with Crippen LogP contribution < -0.4 is 10.6 Å². The minimum Gasteiger partial charge on any atom is -0.339 e. The summed E-state index contributed by atoms with van der Waals surface area (Å²) < 4.78 is 16.6. The maximum absolute atomic E-state index is 11.8. The van der Waals surface area contributed by atoms with Crippen molar-refractivity contribution in [3.63, 3.8) is 0 Å². The van der Waals surface area contributed by atoms with Crippen LogP contribution in [0.2, 0.25) is 0 Å². The average Bonchev–Trinajstić information content (AvgIpc) is 2.86. The van der Waals surface area contributed by atoms with Gasteiger partial charge in [0.1, 0.15) is 0 Å². The van der Waals surface area contributed by atoms with Gasteiger partial charge in [-0.05, 0) is 20.8 Å². The normalized spacial score (nSPS) is 13.2. The van der Waals surface area contributed by atoms with Crippen molar-refractivity contribution in [1.82, 2.24) is 20.8 Å². The summed E-state index contributed by atoms with van der Waals surface area (Å²) in [7, 11) is -0.967. The molecule has 8 heteroatoms. The fraction of sp³-hybridized carbons (Fsp3) is 0.786. The van der Waals surface area contributed by atoms with Crippen LogP contribution in [0.1, 0.15) is 52.3 Å². The molecule has 126 valence electrons. The Balaban J connectivity index is 2.19. The van der Waals surface area contributed by atoms with E-state index in [4.69, 9.17) is 4.52 Å². The van der Waals surface area contributed by atoms with Crippen molar-refractivity contribution < 1.29 is 13.5 Å². The molecule has 0 bridgehead atoms. The lowest BCUT2D eigenvalue weighted by Crippen LogP contribution is -2.39. The zero-order chi connectivity index (χ0) is 16.8. The number of hydrogen-bond donors (Lipinski definition) is 2. The number of aromatic nitrogens is 2. The molecule has 1 rings (SSSR count). The fourth-order valence-corrected chi connectivity index (χ4v) is 2.41. The Morgan fingerprint density at radius 2 is 1.91 bits per heavy atom. The Morgan fingerprint density at radius 1 is 1.27 bits per heavy atom. The molecule has 0 aliphatic rings. The fourth-order valence-electron chi connectivity index (χ4n) is 1.51. The number of hydrogen-bond acceptors (Lipinski definition) is 5. The number of rotatable bonds is 7. The zero-order valence-corrected chi connectivity index (χ0v) is 14.7. The summed E-state index contributed by atoms with van der Waals surface area (Å²) >= 11 is 0. The number of urea groups is 1. The van der Waals surface area contributed by atoms with E-state index >= 15 is 0 Å². The zero-order valence-electron chi connectivity index (χ0n) is 13.9. The van der Waals surface area contributed by atoms with E-state index in [0.29, 0.717) is 37.0 Å². The number of amides is 2. The number of nitrogens with one attached hydrogen (secondary N) is 2. The monoisotopic (exact) mass is 330 g/mol. The molecular weight excluding hydrogens is 304 g/mol. The van der Waals surface area contributed by atoms with Gasteiger partial charge in [0.2, 0.25) is 5.89 Å². The van der Waals surface area contributed by atoms with Crippen molar-refractivity contribution in [3.8, 4) is 0 Å². The predicted octanol–water partition coefficient (Wildman–Crippen LogP) is 1.58. The molecule has 0 aliphatic heterocycles. The van der Waals surface area contributed by atoms with E-state index in [1.807, 2.05) is 34.6 Å². The molecule has 1 aromatic rings. The van der Waals surface area contributed by atoms with Crippen LogP contribution in [0.4, 0.5) is 4.79 Å². The van der Waals surface area contributed by atoms with Crippen molar-refractivity contribution in [2.24, 2.45) is 0 Å². The van der Waals surface area contributed by atoms with Gasteiger partial charge in [-0.25, -0.2) is 4.79 Å². The van der Waals surface area contributed by atoms with Gasteiger partial charge < -0.3 is 15.2 Å². The van der Waals surface area contributed by atoms with Gasteiger partial charge in [-0.2, -0.15) is 4.98 Å². The topological polar surface area (TPSA) is 97.1 Å². The van der Waals surface area contributed by atoms with Gasteiger partial charge in [0, 0.05) is 46.7 Å². The van der Waals surface area contributed by atoms with Crippen LogP contribution in [0.25, 0.3) is 0 Å². The van der Waals surface area contributed by atoms with Crippen LogP contribution in [0.3, 0.4) is 0 Å². The molecule has 0 aromatic carbocycles. The Bertz CT molecular complexity index is 508. The van der Waals surface area contributed by atoms with Crippen molar-refractivity contribution in [2.75, 3.05) is 18.8 Å². The van der Waals surface area contributed by atoms with Crippen LogP contribution in [0, 0.1) is 0 Å². The van der Waals surface area contributed by atoms with Crippen LogP contribution in [0.15, 0.2) is 4.52 Å². The first-order chi connectivity index (χ1) is 10.2. The summed E-state index contributed by atoms with van der Waals surface area (Å²) in [6.07, 6.45) is 0.487. The molecule has 0 spiro atoms. The summed E-state index contributed by atoms with van der Waals surface area (Å²) in [5.74, 6) is 1.85. The van der Waals surface area contributed by atoms with E-state index in [1.54, 1.807) is 0 Å². The Labute approximate surface area is 134 Å². The van der Waals surface area contributed by atoms with Gasteiger partial charge in [-0.15, -0.1) is 0 Å². The minimum absolute atomic E-state index is 0.220. The third kappa shape index (κ3) is 6.55. The van der Waals surface area contributed by atoms with Gasteiger partial charge >= 0.3 is 6.03 Å². The van der Waals surface area contributed by atoms with E-state index < -0.39 is 10.8 Å². The Kier molecular flexibility index (Phi) is 6.99. The van der Waals surface area contributed by atoms with E-state index in [9.17, 15) is 9.00 Å². The second-order valence-electron chi connectivity index (χ2n) is 6.30. The molecule has 1 heterocycles. The highest BCUT2D eigenvalue weighted by molar-refractivity contribution is 7.86. The first-order valence-corrected chi connectivity index (χ1v) is 8.74. The molecule has 2 amide bonds. The molecule has 1 aromatic heterocycles. The lowest BCUT2D eigenvalue weighted by molar-refractivity contribution is 0.241. The first kappa shape index (κ1) is 18.6. The third-order valence-electron chi connectivity index (χ3n) is 2.88. The predicted molar refractivity (Wildman–Crippen MR) is 86.3 cm³/mol. The SMILES string of the molecule is CC(C)c1noc(CCNC(=O)NCC[S@@](=O)C(C)(C)C)n1. The van der Waals surface area contributed by atoms with Gasteiger partial charge in [-0.3, -0.25) is 4.21 Å². The van der Waals surface area contributed by atoms with Crippen molar-refractivity contribution >= 4 is 16.8 Å². The van der Waals surface area contributed by atoms with E-state index in [0.717, 1.165) is 0 Å². The third-order valence-corrected chi connectivity index (χ3v) is 4.82. The lowest BCUT2D eigenvalue weighted by Gasteiger charge is -2.17. The summed E-state index contributed by atoms with van der Waals surface area (Å²) in [5.41, 5.74) is 0. The molecular formula is C14H26N4O3S. The van der Waals surface area contributed by atoms with Crippen LogP contribution in [-0.4, -0.2) is 44.0 Å². The molecule has 0 saturated heterocycles. The molecule has 1 atom stereocenters. The van der Waals surface area contributed by atoms with Gasteiger partial charge in [0.25, 0.3) is 0 Å². The molecule has 0 aliphatic carbocycles. The highest BCUT2D eigenvalue weighted by Crippen LogP contribution is 2.10. The largest absolute Gasteiger partial charge is 0.339 e. The van der Waals surface area contributed by atoms with E-state index in [2.05, 4.69) is 20.8 Å². The maximum atomic E-state index is 11.8. The van der Waals surface area contributed by atoms with E-state index in [-0.39, 0.29) is 16.7 Å². The standard InChI is InChI=1S/C14H26N4O3S/c1-10(2)12-17-11(21-18-12)6-7-15-13(19)16-8-9-22(20)14(3,4)5/h10H,6-9H2,1-5H3,(H2,15,16,19)/t22-/m1/s1. The summed E-state index contributed by atoms with van der Waals surface area (Å²) in [6, 6.07) is -0.283. The van der Waals surface area contributed by atoms with Crippen molar-refractivity contribution in [2.45, 2.75) is 51.7 Å². The number of nitrogens with zero attached hydrogens (tertiary/aromatic N) is 2.